The molecule has 262 valence electrons. The fraction of sp³-hybridized carbons (Fsp3) is 0.0192. The number of ether oxygens (including phenoxy) is 1. The van der Waals surface area contributed by atoms with Gasteiger partial charge in [0.25, 0.3) is 0 Å². The van der Waals surface area contributed by atoms with Crippen molar-refractivity contribution in [3.8, 4) is 79.0 Å². The normalized spacial score (nSPS) is 12.9. The van der Waals surface area contributed by atoms with Crippen LogP contribution in [-0.4, -0.2) is 15.0 Å². The van der Waals surface area contributed by atoms with Crippen molar-refractivity contribution >= 4 is 0 Å². The molecule has 8 aromatic carbocycles. The highest BCUT2D eigenvalue weighted by atomic mass is 16.5. The van der Waals surface area contributed by atoms with Gasteiger partial charge < -0.3 is 4.74 Å². The second-order valence-corrected chi connectivity index (χ2v) is 14.3. The lowest BCUT2D eigenvalue weighted by Gasteiger charge is -2.39. The highest BCUT2D eigenvalue weighted by Gasteiger charge is 2.51. The van der Waals surface area contributed by atoms with Crippen molar-refractivity contribution in [1.82, 2.24) is 15.0 Å². The van der Waals surface area contributed by atoms with Gasteiger partial charge in [0.1, 0.15) is 11.5 Å². The van der Waals surface area contributed by atoms with Crippen LogP contribution in [-0.2, 0) is 5.41 Å². The molecule has 1 aliphatic carbocycles. The molecule has 0 amide bonds. The number of rotatable bonds is 5. The smallest absolute Gasteiger partial charge is 0.164 e. The van der Waals surface area contributed by atoms with Gasteiger partial charge in [0.2, 0.25) is 0 Å². The molecule has 0 atom stereocenters. The summed E-state index contributed by atoms with van der Waals surface area (Å²) in [5, 5.41) is 0. The molecule has 2 aliphatic rings. The molecule has 0 saturated carbocycles. The molecule has 0 N–H and O–H groups in total. The highest BCUT2D eigenvalue weighted by molar-refractivity contribution is 5.89. The fourth-order valence-corrected chi connectivity index (χ4v) is 8.64. The standard InChI is InChI=1S/C52H33N3O/c1-3-13-34(14-4-1)35-23-25-36(26-24-35)37-27-29-39(30-28-37)50-53-49(38-15-5-2-6-16-38)54-51(55-50)40-31-32-48-46(33-40)52(45-21-11-12-22-47(45)56-48)43-19-9-7-17-41(43)42-18-8-10-20-44(42)52/h1-33H. The van der Waals surface area contributed by atoms with E-state index in [4.69, 9.17) is 19.7 Å². The van der Waals surface area contributed by atoms with E-state index < -0.39 is 5.41 Å². The van der Waals surface area contributed by atoms with Crippen molar-refractivity contribution in [2.75, 3.05) is 0 Å². The van der Waals surface area contributed by atoms with E-state index in [0.29, 0.717) is 17.5 Å². The van der Waals surface area contributed by atoms with Gasteiger partial charge in [-0.1, -0.05) is 176 Å². The summed E-state index contributed by atoms with van der Waals surface area (Å²) in [5.41, 5.74) is 14.0. The molecule has 56 heavy (non-hydrogen) atoms. The molecule has 0 saturated heterocycles. The molecular formula is C52H33N3O. The van der Waals surface area contributed by atoms with Crippen molar-refractivity contribution in [2.24, 2.45) is 0 Å². The number of benzene rings is 8. The van der Waals surface area contributed by atoms with Crippen LogP contribution >= 0.6 is 0 Å². The third-order valence-corrected chi connectivity index (χ3v) is 11.2. The topological polar surface area (TPSA) is 47.9 Å². The van der Waals surface area contributed by atoms with Gasteiger partial charge in [-0.15, -0.1) is 0 Å². The predicted octanol–water partition coefficient (Wildman–Crippen LogP) is 12.7. The fourth-order valence-electron chi connectivity index (χ4n) is 8.64. The van der Waals surface area contributed by atoms with E-state index in [1.165, 1.54) is 33.4 Å². The Bertz CT molecular complexity index is 2880. The van der Waals surface area contributed by atoms with Crippen molar-refractivity contribution in [2.45, 2.75) is 5.41 Å². The quantitative estimate of drug-likeness (QED) is 0.178. The van der Waals surface area contributed by atoms with Gasteiger partial charge in [-0.3, -0.25) is 0 Å². The third-order valence-electron chi connectivity index (χ3n) is 11.2. The van der Waals surface area contributed by atoms with Crippen LogP contribution < -0.4 is 4.74 Å². The minimum absolute atomic E-state index is 0.583. The maximum Gasteiger partial charge on any atom is 0.164 e. The number of aromatic nitrogens is 3. The minimum atomic E-state index is -0.583. The molecule has 0 fully saturated rings. The number of hydrogen-bond acceptors (Lipinski definition) is 4. The summed E-state index contributed by atoms with van der Waals surface area (Å²) in [6.45, 7) is 0. The Kier molecular flexibility index (Phi) is 7.36. The van der Waals surface area contributed by atoms with Gasteiger partial charge >= 0.3 is 0 Å². The van der Waals surface area contributed by atoms with Crippen molar-refractivity contribution in [3.63, 3.8) is 0 Å². The van der Waals surface area contributed by atoms with Crippen LogP contribution in [0, 0.1) is 0 Å². The van der Waals surface area contributed by atoms with Crippen LogP contribution in [0.4, 0.5) is 0 Å². The zero-order valence-electron chi connectivity index (χ0n) is 30.3. The van der Waals surface area contributed by atoms with Gasteiger partial charge in [-0.05, 0) is 68.8 Å². The average molecular weight is 716 g/mol. The highest BCUT2D eigenvalue weighted by Crippen LogP contribution is 2.62. The SMILES string of the molecule is c1ccc(-c2ccc(-c3ccc(-c4nc(-c5ccccc5)nc(-c5ccc6c(c5)C5(c7ccccc7O6)c6ccccc6-c6ccccc65)n4)cc3)cc2)cc1. The molecule has 2 heterocycles. The Morgan fingerprint density at radius 2 is 0.661 bits per heavy atom. The third kappa shape index (κ3) is 5.04. The number of nitrogens with zero attached hydrogens (tertiary/aromatic N) is 3. The molecule has 0 radical (unpaired) electrons. The first-order valence-corrected chi connectivity index (χ1v) is 18.9. The first-order chi connectivity index (χ1) is 27.7. The van der Waals surface area contributed by atoms with E-state index >= 15 is 0 Å². The van der Waals surface area contributed by atoms with Crippen LogP contribution in [0.5, 0.6) is 11.5 Å². The summed E-state index contributed by atoms with van der Waals surface area (Å²) in [4.78, 5) is 15.4. The van der Waals surface area contributed by atoms with E-state index in [-0.39, 0.29) is 0 Å². The van der Waals surface area contributed by atoms with Crippen molar-refractivity contribution < 1.29 is 4.74 Å². The van der Waals surface area contributed by atoms with E-state index in [0.717, 1.165) is 50.4 Å². The number of fused-ring (bicyclic) bond motifs is 9. The Hall–Kier alpha value is -7.43. The Morgan fingerprint density at radius 3 is 1.23 bits per heavy atom. The molecule has 4 heteroatoms. The Morgan fingerprint density at radius 1 is 0.286 bits per heavy atom. The molecule has 4 nitrogen and oxygen atoms in total. The summed E-state index contributed by atoms with van der Waals surface area (Å²) in [6.07, 6.45) is 0. The average Bonchev–Trinajstić information content (AvgIpc) is 3.57. The summed E-state index contributed by atoms with van der Waals surface area (Å²) >= 11 is 0. The Balaban J connectivity index is 1.05. The maximum atomic E-state index is 6.69. The minimum Gasteiger partial charge on any atom is -0.457 e. The summed E-state index contributed by atoms with van der Waals surface area (Å²) in [5.74, 6) is 3.53. The number of para-hydroxylation sites is 1. The van der Waals surface area contributed by atoms with Crippen LogP contribution in [0.3, 0.4) is 0 Å². The first kappa shape index (κ1) is 32.0. The second-order valence-electron chi connectivity index (χ2n) is 14.3. The van der Waals surface area contributed by atoms with Crippen LogP contribution in [0.15, 0.2) is 200 Å². The molecule has 0 unspecified atom stereocenters. The summed E-state index contributed by atoms with van der Waals surface area (Å²) in [7, 11) is 0. The van der Waals surface area contributed by atoms with Crippen molar-refractivity contribution in [1.29, 1.82) is 0 Å². The van der Waals surface area contributed by atoms with Crippen LogP contribution in [0.1, 0.15) is 22.3 Å². The summed E-state index contributed by atoms with van der Waals surface area (Å²) < 4.78 is 6.69. The van der Waals surface area contributed by atoms with E-state index in [1.807, 2.05) is 42.5 Å². The lowest BCUT2D eigenvalue weighted by molar-refractivity contribution is 0.436. The molecule has 9 aromatic rings. The monoisotopic (exact) mass is 715 g/mol. The van der Waals surface area contributed by atoms with Gasteiger partial charge in [-0.25, -0.2) is 15.0 Å². The Labute approximate surface area is 325 Å². The number of hydrogen-bond donors (Lipinski definition) is 0. The predicted molar refractivity (Wildman–Crippen MR) is 224 cm³/mol. The molecule has 11 rings (SSSR count). The second kappa shape index (κ2) is 12.9. The van der Waals surface area contributed by atoms with Gasteiger partial charge in [0.15, 0.2) is 17.5 Å². The molecule has 1 spiro atoms. The zero-order valence-corrected chi connectivity index (χ0v) is 30.3. The maximum absolute atomic E-state index is 6.69. The molecule has 1 aromatic heterocycles. The van der Waals surface area contributed by atoms with Gasteiger partial charge in [0, 0.05) is 27.8 Å². The lowest BCUT2D eigenvalue weighted by atomic mass is 9.66. The first-order valence-electron chi connectivity index (χ1n) is 18.9. The summed E-state index contributed by atoms with van der Waals surface area (Å²) in [6, 6.07) is 70.2. The zero-order chi connectivity index (χ0) is 37.1. The van der Waals surface area contributed by atoms with Crippen LogP contribution in [0.2, 0.25) is 0 Å². The van der Waals surface area contributed by atoms with Gasteiger partial charge in [-0.2, -0.15) is 0 Å². The van der Waals surface area contributed by atoms with Gasteiger partial charge in [0.05, 0.1) is 5.41 Å². The van der Waals surface area contributed by atoms with E-state index in [1.54, 1.807) is 0 Å². The van der Waals surface area contributed by atoms with Crippen LogP contribution in [0.25, 0.3) is 67.5 Å². The lowest BCUT2D eigenvalue weighted by Crippen LogP contribution is -2.32. The molecular weight excluding hydrogens is 683 g/mol. The van der Waals surface area contributed by atoms with Crippen molar-refractivity contribution in [3.05, 3.63) is 222 Å². The largest absolute Gasteiger partial charge is 0.457 e. The van der Waals surface area contributed by atoms with E-state index in [9.17, 15) is 0 Å². The molecule has 1 aliphatic heterocycles. The van der Waals surface area contributed by atoms with E-state index in [2.05, 4.69) is 158 Å². The molecule has 0 bridgehead atoms.